The van der Waals surface area contributed by atoms with E-state index in [4.69, 9.17) is 0 Å². The highest BCUT2D eigenvalue weighted by Gasteiger charge is 2.24. The predicted octanol–water partition coefficient (Wildman–Crippen LogP) is 3.91. The molecule has 0 aromatic carbocycles. The van der Waals surface area contributed by atoms with Gasteiger partial charge in [-0.1, -0.05) is 5.57 Å². The standard InChI is InChI=1S/C10H18N2O.C10H19N/c1-7(2)9-10(13)11-5-6-12(9)8(3)4;1-8(2)10-6-5-7-11(10)9(3)4/h8H,5-6H2,1-4H3,(H,11,13);9H,5-7H2,1-4H3. The first-order chi connectivity index (χ1) is 11.2. The van der Waals surface area contributed by atoms with Crippen molar-refractivity contribution in [3.8, 4) is 0 Å². The topological polar surface area (TPSA) is 35.6 Å². The SMILES string of the molecule is CC(C)=C1C(=O)NCCN1C(C)C.CC(C)=C1CCCN1C(C)C. The van der Waals surface area contributed by atoms with E-state index in [-0.39, 0.29) is 5.91 Å². The van der Waals surface area contributed by atoms with Gasteiger partial charge in [0.25, 0.3) is 5.91 Å². The summed E-state index contributed by atoms with van der Waals surface area (Å²) >= 11 is 0. The van der Waals surface area contributed by atoms with Crippen LogP contribution in [0.1, 0.15) is 68.2 Å². The molecule has 0 unspecified atom stereocenters. The van der Waals surface area contributed by atoms with Crippen molar-refractivity contribution in [2.24, 2.45) is 0 Å². The van der Waals surface area contributed by atoms with Crippen molar-refractivity contribution in [1.29, 1.82) is 0 Å². The van der Waals surface area contributed by atoms with Gasteiger partial charge in [-0.3, -0.25) is 4.79 Å². The number of amides is 1. The third-order valence-electron chi connectivity index (χ3n) is 4.60. The number of allylic oxidation sites excluding steroid dienone is 3. The zero-order valence-electron chi connectivity index (χ0n) is 17.0. The summed E-state index contributed by atoms with van der Waals surface area (Å²) in [6.45, 7) is 20.1. The maximum atomic E-state index is 11.5. The van der Waals surface area contributed by atoms with E-state index in [9.17, 15) is 4.79 Å². The highest BCUT2D eigenvalue weighted by Crippen LogP contribution is 2.25. The molecule has 1 amide bonds. The van der Waals surface area contributed by atoms with Crippen molar-refractivity contribution in [2.75, 3.05) is 19.6 Å². The zero-order chi connectivity index (χ0) is 18.4. The minimum atomic E-state index is 0.0694. The molecular formula is C20H37N3O. The van der Waals surface area contributed by atoms with Gasteiger partial charge in [-0.05, 0) is 73.8 Å². The van der Waals surface area contributed by atoms with Gasteiger partial charge in [0.05, 0.1) is 0 Å². The van der Waals surface area contributed by atoms with Gasteiger partial charge in [0.1, 0.15) is 5.70 Å². The molecule has 2 rings (SSSR count). The summed E-state index contributed by atoms with van der Waals surface area (Å²) in [7, 11) is 0. The average molecular weight is 336 g/mol. The molecule has 0 atom stereocenters. The number of hydrogen-bond acceptors (Lipinski definition) is 3. The number of rotatable bonds is 2. The molecule has 0 bridgehead atoms. The summed E-state index contributed by atoms with van der Waals surface area (Å²) in [5.41, 5.74) is 5.02. The summed E-state index contributed by atoms with van der Waals surface area (Å²) in [6.07, 6.45) is 2.64. The van der Waals surface area contributed by atoms with E-state index in [0.29, 0.717) is 12.1 Å². The van der Waals surface area contributed by atoms with Crippen LogP contribution in [0.5, 0.6) is 0 Å². The molecule has 4 heteroatoms. The normalized spacial score (nSPS) is 18.0. The Kier molecular flexibility index (Phi) is 7.85. The Labute approximate surface area is 149 Å². The van der Waals surface area contributed by atoms with Crippen LogP contribution < -0.4 is 5.32 Å². The highest BCUT2D eigenvalue weighted by molar-refractivity contribution is 5.94. The largest absolute Gasteiger partial charge is 0.372 e. The van der Waals surface area contributed by atoms with Gasteiger partial charge in [0.2, 0.25) is 0 Å². The van der Waals surface area contributed by atoms with Gasteiger partial charge in [-0.25, -0.2) is 0 Å². The molecule has 1 N–H and O–H groups in total. The summed E-state index contributed by atoms with van der Waals surface area (Å²) in [5.74, 6) is 0.0694. The van der Waals surface area contributed by atoms with E-state index in [1.165, 1.54) is 25.0 Å². The van der Waals surface area contributed by atoms with Crippen molar-refractivity contribution in [1.82, 2.24) is 15.1 Å². The van der Waals surface area contributed by atoms with Crippen LogP contribution >= 0.6 is 0 Å². The fraction of sp³-hybridized carbons (Fsp3) is 0.750. The van der Waals surface area contributed by atoms with Crippen molar-refractivity contribution in [3.63, 3.8) is 0 Å². The number of likely N-dealkylation sites (tertiary alicyclic amines) is 1. The van der Waals surface area contributed by atoms with Crippen LogP contribution in [-0.2, 0) is 4.79 Å². The smallest absolute Gasteiger partial charge is 0.267 e. The Bertz CT molecular complexity index is 495. The monoisotopic (exact) mass is 335 g/mol. The molecule has 0 spiro atoms. The Hall–Kier alpha value is -1.45. The molecule has 2 fully saturated rings. The van der Waals surface area contributed by atoms with Crippen LogP contribution in [0.4, 0.5) is 0 Å². The fourth-order valence-electron chi connectivity index (χ4n) is 3.45. The van der Waals surface area contributed by atoms with E-state index in [1.807, 2.05) is 13.8 Å². The number of nitrogens with zero attached hydrogens (tertiary/aromatic N) is 2. The Balaban J connectivity index is 0.000000243. The first-order valence-electron chi connectivity index (χ1n) is 9.32. The van der Waals surface area contributed by atoms with Crippen molar-refractivity contribution in [2.45, 2.75) is 80.3 Å². The fourth-order valence-corrected chi connectivity index (χ4v) is 3.45. The molecule has 2 saturated heterocycles. The van der Waals surface area contributed by atoms with Gasteiger partial charge >= 0.3 is 0 Å². The Morgan fingerprint density at radius 3 is 1.88 bits per heavy atom. The maximum Gasteiger partial charge on any atom is 0.267 e. The zero-order valence-corrected chi connectivity index (χ0v) is 17.0. The molecule has 0 saturated carbocycles. The van der Waals surface area contributed by atoms with Crippen LogP contribution in [0.15, 0.2) is 22.5 Å². The lowest BCUT2D eigenvalue weighted by Gasteiger charge is -2.35. The predicted molar refractivity (Wildman–Crippen MR) is 103 cm³/mol. The quantitative estimate of drug-likeness (QED) is 0.777. The Morgan fingerprint density at radius 2 is 1.50 bits per heavy atom. The molecule has 2 heterocycles. The summed E-state index contributed by atoms with van der Waals surface area (Å²) in [5, 5.41) is 2.86. The number of piperazine rings is 1. The molecule has 4 nitrogen and oxygen atoms in total. The molecule has 2 aliphatic heterocycles. The Morgan fingerprint density at radius 1 is 0.917 bits per heavy atom. The van der Waals surface area contributed by atoms with Crippen molar-refractivity contribution in [3.05, 3.63) is 22.5 Å². The summed E-state index contributed by atoms with van der Waals surface area (Å²) in [6, 6.07) is 1.08. The van der Waals surface area contributed by atoms with E-state index in [2.05, 4.69) is 56.7 Å². The summed E-state index contributed by atoms with van der Waals surface area (Å²) in [4.78, 5) is 16.2. The number of carbonyl (C=O) groups is 1. The van der Waals surface area contributed by atoms with Gasteiger partial charge in [0.15, 0.2) is 0 Å². The second kappa shape index (κ2) is 9.14. The molecule has 24 heavy (non-hydrogen) atoms. The van der Waals surface area contributed by atoms with E-state index in [1.54, 1.807) is 5.70 Å². The summed E-state index contributed by atoms with van der Waals surface area (Å²) < 4.78 is 0. The van der Waals surface area contributed by atoms with Gasteiger partial charge in [-0.15, -0.1) is 0 Å². The van der Waals surface area contributed by atoms with E-state index in [0.717, 1.165) is 24.4 Å². The molecule has 0 aromatic heterocycles. The molecule has 0 aromatic rings. The van der Waals surface area contributed by atoms with Gasteiger partial charge < -0.3 is 15.1 Å². The lowest BCUT2D eigenvalue weighted by Crippen LogP contribution is -2.48. The first-order valence-corrected chi connectivity index (χ1v) is 9.32. The van der Waals surface area contributed by atoms with Crippen molar-refractivity contribution >= 4 is 5.91 Å². The van der Waals surface area contributed by atoms with E-state index >= 15 is 0 Å². The highest BCUT2D eigenvalue weighted by atomic mass is 16.2. The lowest BCUT2D eigenvalue weighted by atomic mass is 10.1. The average Bonchev–Trinajstić information content (AvgIpc) is 2.97. The third kappa shape index (κ3) is 5.29. The number of nitrogens with one attached hydrogen (secondary N) is 1. The molecule has 138 valence electrons. The molecule has 0 radical (unpaired) electrons. The van der Waals surface area contributed by atoms with Crippen LogP contribution in [0.3, 0.4) is 0 Å². The lowest BCUT2D eigenvalue weighted by molar-refractivity contribution is -0.120. The van der Waals surface area contributed by atoms with Gasteiger partial charge in [0, 0.05) is 37.4 Å². The second-order valence-electron chi connectivity index (χ2n) is 7.73. The molecule has 0 aliphatic carbocycles. The molecular weight excluding hydrogens is 298 g/mol. The molecule has 2 aliphatic rings. The minimum absolute atomic E-state index is 0.0694. The second-order valence-corrected chi connectivity index (χ2v) is 7.73. The first kappa shape index (κ1) is 20.6. The minimum Gasteiger partial charge on any atom is -0.372 e. The van der Waals surface area contributed by atoms with Crippen molar-refractivity contribution < 1.29 is 4.79 Å². The van der Waals surface area contributed by atoms with Crippen LogP contribution in [0, 0.1) is 0 Å². The number of carbonyl (C=O) groups excluding carboxylic acids is 1. The van der Waals surface area contributed by atoms with Crippen LogP contribution in [0.25, 0.3) is 0 Å². The maximum absolute atomic E-state index is 11.5. The third-order valence-corrected chi connectivity index (χ3v) is 4.60. The number of hydrogen-bond donors (Lipinski definition) is 1. The van der Waals surface area contributed by atoms with E-state index < -0.39 is 0 Å². The van der Waals surface area contributed by atoms with Gasteiger partial charge in [-0.2, -0.15) is 0 Å². The van der Waals surface area contributed by atoms with Crippen LogP contribution in [0.2, 0.25) is 0 Å². The van der Waals surface area contributed by atoms with Crippen LogP contribution in [-0.4, -0.2) is 47.4 Å².